The first kappa shape index (κ1) is 12.6. The summed E-state index contributed by atoms with van der Waals surface area (Å²) in [5.74, 6) is 0. The molecule has 96 valence electrons. The SMILES string of the molecule is CCCOCCCNCc1cncn1C1CC1. The lowest BCUT2D eigenvalue weighted by Crippen LogP contribution is -2.18. The normalized spacial score (nSPS) is 15.4. The molecule has 1 aromatic heterocycles. The molecule has 1 aromatic rings. The molecule has 2 rings (SSSR count). The van der Waals surface area contributed by atoms with Gasteiger partial charge in [-0.25, -0.2) is 4.98 Å². The number of ether oxygens (including phenoxy) is 1. The molecule has 0 radical (unpaired) electrons. The molecule has 4 nitrogen and oxygen atoms in total. The van der Waals surface area contributed by atoms with E-state index in [9.17, 15) is 0 Å². The maximum atomic E-state index is 5.43. The van der Waals surface area contributed by atoms with Gasteiger partial charge >= 0.3 is 0 Å². The van der Waals surface area contributed by atoms with Crippen molar-refractivity contribution < 1.29 is 4.74 Å². The van der Waals surface area contributed by atoms with Gasteiger partial charge in [0.15, 0.2) is 0 Å². The van der Waals surface area contributed by atoms with E-state index < -0.39 is 0 Å². The number of rotatable bonds is 9. The Bertz CT molecular complexity index is 320. The lowest BCUT2D eigenvalue weighted by molar-refractivity contribution is 0.132. The Morgan fingerprint density at radius 2 is 2.35 bits per heavy atom. The number of hydrogen-bond acceptors (Lipinski definition) is 3. The van der Waals surface area contributed by atoms with Gasteiger partial charge in [-0.1, -0.05) is 6.92 Å². The molecule has 1 aliphatic rings. The smallest absolute Gasteiger partial charge is 0.0951 e. The first-order valence-electron chi connectivity index (χ1n) is 6.71. The molecule has 0 aliphatic heterocycles. The molecule has 0 spiro atoms. The average molecular weight is 237 g/mol. The van der Waals surface area contributed by atoms with E-state index in [0.717, 1.165) is 45.2 Å². The fraction of sp³-hybridized carbons (Fsp3) is 0.769. The number of imidazole rings is 1. The summed E-state index contributed by atoms with van der Waals surface area (Å²) in [5, 5.41) is 3.45. The minimum Gasteiger partial charge on any atom is -0.381 e. The van der Waals surface area contributed by atoms with Gasteiger partial charge in [0.25, 0.3) is 0 Å². The zero-order chi connectivity index (χ0) is 11.9. The highest BCUT2D eigenvalue weighted by atomic mass is 16.5. The van der Waals surface area contributed by atoms with Crippen LogP contribution in [-0.4, -0.2) is 29.3 Å². The van der Waals surface area contributed by atoms with Crippen molar-refractivity contribution in [2.45, 2.75) is 45.2 Å². The van der Waals surface area contributed by atoms with Crippen LogP contribution >= 0.6 is 0 Å². The lowest BCUT2D eigenvalue weighted by Gasteiger charge is -2.08. The molecular formula is C13H23N3O. The quantitative estimate of drug-likeness (QED) is 0.669. The van der Waals surface area contributed by atoms with Crippen molar-refractivity contribution in [3.63, 3.8) is 0 Å². The van der Waals surface area contributed by atoms with Crippen molar-refractivity contribution >= 4 is 0 Å². The van der Waals surface area contributed by atoms with Crippen LogP contribution in [-0.2, 0) is 11.3 Å². The van der Waals surface area contributed by atoms with Crippen molar-refractivity contribution in [2.75, 3.05) is 19.8 Å². The van der Waals surface area contributed by atoms with Gasteiger partial charge < -0.3 is 14.6 Å². The fourth-order valence-electron chi connectivity index (χ4n) is 1.91. The third-order valence-electron chi connectivity index (χ3n) is 2.98. The highest BCUT2D eigenvalue weighted by Crippen LogP contribution is 2.35. The predicted octanol–water partition coefficient (Wildman–Crippen LogP) is 2.12. The van der Waals surface area contributed by atoms with Crippen molar-refractivity contribution in [3.05, 3.63) is 18.2 Å². The van der Waals surface area contributed by atoms with Crippen molar-refractivity contribution in [1.29, 1.82) is 0 Å². The molecule has 17 heavy (non-hydrogen) atoms. The second kappa shape index (κ2) is 6.77. The van der Waals surface area contributed by atoms with Gasteiger partial charge in [-0.05, 0) is 32.2 Å². The van der Waals surface area contributed by atoms with E-state index in [1.165, 1.54) is 18.5 Å². The van der Waals surface area contributed by atoms with Crippen LogP contribution in [0.5, 0.6) is 0 Å². The minimum absolute atomic E-state index is 0.724. The van der Waals surface area contributed by atoms with E-state index in [1.807, 2.05) is 12.5 Å². The van der Waals surface area contributed by atoms with E-state index in [4.69, 9.17) is 4.74 Å². The van der Waals surface area contributed by atoms with Crippen molar-refractivity contribution in [2.24, 2.45) is 0 Å². The van der Waals surface area contributed by atoms with E-state index in [1.54, 1.807) is 0 Å². The van der Waals surface area contributed by atoms with Gasteiger partial charge in [0, 0.05) is 32.0 Å². The van der Waals surface area contributed by atoms with Crippen LogP contribution in [0.15, 0.2) is 12.5 Å². The summed E-state index contributed by atoms with van der Waals surface area (Å²) in [7, 11) is 0. The van der Waals surface area contributed by atoms with Crippen LogP contribution in [0.3, 0.4) is 0 Å². The van der Waals surface area contributed by atoms with Crippen LogP contribution in [0, 0.1) is 0 Å². The topological polar surface area (TPSA) is 39.1 Å². The first-order chi connectivity index (χ1) is 8.42. The summed E-state index contributed by atoms with van der Waals surface area (Å²) in [5.41, 5.74) is 1.31. The monoisotopic (exact) mass is 237 g/mol. The standard InChI is InChI=1S/C13H23N3O/c1-2-7-17-8-3-6-14-9-13-10-15-11-16(13)12-4-5-12/h10-12,14H,2-9H2,1H3. The predicted molar refractivity (Wildman–Crippen MR) is 67.9 cm³/mol. The van der Waals surface area contributed by atoms with Crippen LogP contribution < -0.4 is 5.32 Å². The van der Waals surface area contributed by atoms with Gasteiger partial charge in [-0.2, -0.15) is 0 Å². The van der Waals surface area contributed by atoms with Gasteiger partial charge in [-0.15, -0.1) is 0 Å². The number of aromatic nitrogens is 2. The number of hydrogen-bond donors (Lipinski definition) is 1. The maximum Gasteiger partial charge on any atom is 0.0951 e. The Hall–Kier alpha value is -0.870. The molecule has 0 bridgehead atoms. The third-order valence-corrected chi connectivity index (χ3v) is 2.98. The van der Waals surface area contributed by atoms with E-state index in [2.05, 4.69) is 21.8 Å². The zero-order valence-corrected chi connectivity index (χ0v) is 10.7. The molecular weight excluding hydrogens is 214 g/mol. The minimum atomic E-state index is 0.724. The largest absolute Gasteiger partial charge is 0.381 e. The van der Waals surface area contributed by atoms with Crippen LogP contribution in [0.2, 0.25) is 0 Å². The second-order valence-corrected chi connectivity index (χ2v) is 4.67. The molecule has 0 saturated heterocycles. The molecule has 1 heterocycles. The highest BCUT2D eigenvalue weighted by Gasteiger charge is 2.24. The molecule has 1 saturated carbocycles. The van der Waals surface area contributed by atoms with Crippen molar-refractivity contribution in [1.82, 2.24) is 14.9 Å². The van der Waals surface area contributed by atoms with E-state index in [-0.39, 0.29) is 0 Å². The van der Waals surface area contributed by atoms with Gasteiger partial charge in [0.1, 0.15) is 0 Å². The Morgan fingerprint density at radius 1 is 1.47 bits per heavy atom. The first-order valence-corrected chi connectivity index (χ1v) is 6.71. The van der Waals surface area contributed by atoms with Crippen LogP contribution in [0.25, 0.3) is 0 Å². The summed E-state index contributed by atoms with van der Waals surface area (Å²) in [4.78, 5) is 4.22. The lowest BCUT2D eigenvalue weighted by atomic mass is 10.4. The summed E-state index contributed by atoms with van der Waals surface area (Å²) >= 11 is 0. The highest BCUT2D eigenvalue weighted by molar-refractivity contribution is 5.03. The summed E-state index contributed by atoms with van der Waals surface area (Å²) in [6, 6.07) is 0.724. The molecule has 1 N–H and O–H groups in total. The maximum absolute atomic E-state index is 5.43. The number of nitrogens with zero attached hydrogens (tertiary/aromatic N) is 2. The van der Waals surface area contributed by atoms with Gasteiger partial charge in [-0.3, -0.25) is 0 Å². The summed E-state index contributed by atoms with van der Waals surface area (Å²) in [6.07, 6.45) is 8.74. The summed E-state index contributed by atoms with van der Waals surface area (Å²) < 4.78 is 7.74. The second-order valence-electron chi connectivity index (χ2n) is 4.67. The fourth-order valence-corrected chi connectivity index (χ4v) is 1.91. The van der Waals surface area contributed by atoms with Crippen LogP contribution in [0.4, 0.5) is 0 Å². The number of nitrogens with one attached hydrogen (secondary N) is 1. The Morgan fingerprint density at radius 3 is 3.12 bits per heavy atom. The summed E-state index contributed by atoms with van der Waals surface area (Å²) in [6.45, 7) is 5.82. The van der Waals surface area contributed by atoms with Crippen molar-refractivity contribution in [3.8, 4) is 0 Å². The molecule has 0 atom stereocenters. The molecule has 4 heteroatoms. The third kappa shape index (κ3) is 4.13. The Balaban J connectivity index is 1.56. The van der Waals surface area contributed by atoms with Gasteiger partial charge in [0.2, 0.25) is 0 Å². The molecule has 1 aliphatic carbocycles. The molecule has 0 aromatic carbocycles. The Kier molecular flexibility index (Phi) is 5.01. The van der Waals surface area contributed by atoms with Gasteiger partial charge in [0.05, 0.1) is 12.0 Å². The molecule has 1 fully saturated rings. The zero-order valence-electron chi connectivity index (χ0n) is 10.7. The molecule has 0 unspecified atom stereocenters. The Labute approximate surface area is 103 Å². The van der Waals surface area contributed by atoms with Crippen LogP contribution in [0.1, 0.15) is 44.3 Å². The van der Waals surface area contributed by atoms with E-state index in [0.29, 0.717) is 0 Å². The average Bonchev–Trinajstić information content (AvgIpc) is 3.08. The van der Waals surface area contributed by atoms with E-state index >= 15 is 0 Å². The molecule has 0 amide bonds.